The van der Waals surface area contributed by atoms with Crippen LogP contribution >= 0.6 is 12.6 Å². The molecule has 1 aromatic carbocycles. The predicted octanol–water partition coefficient (Wildman–Crippen LogP) is 3.62. The van der Waals surface area contributed by atoms with Crippen LogP contribution in [0.3, 0.4) is 0 Å². The zero-order valence-electron chi connectivity index (χ0n) is 12.7. The van der Waals surface area contributed by atoms with Crippen molar-refractivity contribution in [2.24, 2.45) is 0 Å². The maximum absolute atomic E-state index is 4.55. The van der Waals surface area contributed by atoms with Crippen molar-refractivity contribution in [1.29, 1.82) is 0 Å². The number of hydrogen-bond donors (Lipinski definition) is 2. The summed E-state index contributed by atoms with van der Waals surface area (Å²) in [6.45, 7) is 5.89. The fourth-order valence-corrected chi connectivity index (χ4v) is 2.38. The first-order valence-electron chi connectivity index (χ1n) is 6.96. The van der Waals surface area contributed by atoms with E-state index < -0.39 is 0 Å². The van der Waals surface area contributed by atoms with Crippen molar-refractivity contribution in [2.75, 3.05) is 5.32 Å². The van der Waals surface area contributed by atoms with E-state index in [-0.39, 0.29) is 0 Å². The molecular formula is C16H17N5S. The van der Waals surface area contributed by atoms with Gasteiger partial charge in [0.1, 0.15) is 5.82 Å². The molecule has 0 amide bonds. The molecule has 0 aliphatic heterocycles. The zero-order valence-corrected chi connectivity index (χ0v) is 13.6. The van der Waals surface area contributed by atoms with Gasteiger partial charge in [-0.2, -0.15) is 10.1 Å². The van der Waals surface area contributed by atoms with Crippen LogP contribution < -0.4 is 5.32 Å². The second-order valence-corrected chi connectivity index (χ2v) is 5.72. The highest BCUT2D eigenvalue weighted by molar-refractivity contribution is 7.80. The maximum Gasteiger partial charge on any atom is 0.252 e. The minimum atomic E-state index is 0.568. The third-order valence-corrected chi connectivity index (χ3v) is 3.48. The molecule has 3 aromatic rings. The van der Waals surface area contributed by atoms with Gasteiger partial charge >= 0.3 is 0 Å². The van der Waals surface area contributed by atoms with Crippen LogP contribution in [-0.4, -0.2) is 19.7 Å². The molecule has 22 heavy (non-hydrogen) atoms. The Balaban J connectivity index is 1.96. The Kier molecular flexibility index (Phi) is 3.85. The lowest BCUT2D eigenvalue weighted by Crippen LogP contribution is -2.08. The number of anilines is 2. The SMILES string of the molecule is Cc1cc(Nc2ccc(S)cc2)nc(-n2nc(C)cc2C)n1. The molecule has 1 N–H and O–H groups in total. The van der Waals surface area contributed by atoms with Gasteiger partial charge in [0, 0.05) is 28.0 Å². The summed E-state index contributed by atoms with van der Waals surface area (Å²) < 4.78 is 1.75. The molecule has 0 saturated heterocycles. The van der Waals surface area contributed by atoms with Crippen LogP contribution in [0, 0.1) is 20.8 Å². The molecular weight excluding hydrogens is 294 g/mol. The van der Waals surface area contributed by atoms with Gasteiger partial charge < -0.3 is 5.32 Å². The van der Waals surface area contributed by atoms with Gasteiger partial charge in [0.15, 0.2) is 0 Å². The Morgan fingerprint density at radius 3 is 2.32 bits per heavy atom. The smallest absolute Gasteiger partial charge is 0.252 e. The van der Waals surface area contributed by atoms with Gasteiger partial charge in [-0.1, -0.05) is 0 Å². The van der Waals surface area contributed by atoms with Crippen LogP contribution in [0.15, 0.2) is 41.3 Å². The van der Waals surface area contributed by atoms with Gasteiger partial charge in [0.25, 0.3) is 5.95 Å². The molecule has 0 spiro atoms. The van der Waals surface area contributed by atoms with Crippen molar-refractivity contribution < 1.29 is 0 Å². The highest BCUT2D eigenvalue weighted by Crippen LogP contribution is 2.18. The summed E-state index contributed by atoms with van der Waals surface area (Å²) in [6, 6.07) is 11.7. The molecule has 0 fully saturated rings. The summed E-state index contributed by atoms with van der Waals surface area (Å²) in [5.74, 6) is 1.31. The molecule has 3 rings (SSSR count). The Labute approximate surface area is 134 Å². The van der Waals surface area contributed by atoms with Crippen LogP contribution in [0.1, 0.15) is 17.1 Å². The first-order chi connectivity index (χ1) is 10.5. The van der Waals surface area contributed by atoms with Crippen molar-refractivity contribution >= 4 is 24.1 Å². The monoisotopic (exact) mass is 311 g/mol. The van der Waals surface area contributed by atoms with Crippen LogP contribution in [0.5, 0.6) is 0 Å². The van der Waals surface area contributed by atoms with Crippen molar-refractivity contribution in [3.8, 4) is 5.95 Å². The summed E-state index contributed by atoms with van der Waals surface area (Å²) in [5, 5.41) is 7.72. The van der Waals surface area contributed by atoms with Crippen LogP contribution in [0.25, 0.3) is 5.95 Å². The molecule has 0 aliphatic rings. The lowest BCUT2D eigenvalue weighted by molar-refractivity contribution is 0.770. The van der Waals surface area contributed by atoms with E-state index in [9.17, 15) is 0 Å². The highest BCUT2D eigenvalue weighted by atomic mass is 32.1. The van der Waals surface area contributed by atoms with Gasteiger partial charge in [-0.3, -0.25) is 0 Å². The number of aromatic nitrogens is 4. The van der Waals surface area contributed by atoms with Crippen molar-refractivity contribution in [1.82, 2.24) is 19.7 Å². The van der Waals surface area contributed by atoms with E-state index in [0.29, 0.717) is 5.95 Å². The van der Waals surface area contributed by atoms with Gasteiger partial charge in [-0.25, -0.2) is 9.67 Å². The summed E-state index contributed by atoms with van der Waals surface area (Å²) in [6.07, 6.45) is 0. The van der Waals surface area contributed by atoms with Crippen LogP contribution in [0.4, 0.5) is 11.5 Å². The van der Waals surface area contributed by atoms with Crippen LogP contribution in [0.2, 0.25) is 0 Å². The van der Waals surface area contributed by atoms with E-state index in [1.165, 1.54) is 0 Å². The first kappa shape index (κ1) is 14.6. The summed E-state index contributed by atoms with van der Waals surface area (Å²) in [5.41, 5.74) is 3.79. The summed E-state index contributed by atoms with van der Waals surface area (Å²) >= 11 is 4.29. The average molecular weight is 311 g/mol. The van der Waals surface area contributed by atoms with E-state index in [4.69, 9.17) is 0 Å². The van der Waals surface area contributed by atoms with Gasteiger partial charge in [-0.05, 0) is 51.1 Å². The molecule has 0 unspecified atom stereocenters. The van der Waals surface area contributed by atoms with E-state index in [2.05, 4.69) is 33.0 Å². The predicted molar refractivity (Wildman–Crippen MR) is 90.3 cm³/mol. The quantitative estimate of drug-likeness (QED) is 0.725. The van der Waals surface area contributed by atoms with E-state index >= 15 is 0 Å². The second kappa shape index (κ2) is 5.81. The zero-order chi connectivity index (χ0) is 15.7. The van der Waals surface area contributed by atoms with E-state index in [1.807, 2.05) is 57.2 Å². The topological polar surface area (TPSA) is 55.6 Å². The third kappa shape index (κ3) is 3.12. The largest absolute Gasteiger partial charge is 0.340 e. The Hall–Kier alpha value is -2.34. The molecule has 0 radical (unpaired) electrons. The molecule has 0 atom stereocenters. The van der Waals surface area contributed by atoms with Crippen LogP contribution in [-0.2, 0) is 0 Å². The lowest BCUT2D eigenvalue weighted by Gasteiger charge is -2.09. The fourth-order valence-electron chi connectivity index (χ4n) is 2.24. The normalized spacial score (nSPS) is 10.7. The molecule has 6 heteroatoms. The molecule has 0 saturated carbocycles. The first-order valence-corrected chi connectivity index (χ1v) is 7.41. The Morgan fingerprint density at radius 1 is 0.955 bits per heavy atom. The van der Waals surface area contributed by atoms with Gasteiger partial charge in [0.05, 0.1) is 5.69 Å². The fraction of sp³-hybridized carbons (Fsp3) is 0.188. The number of benzene rings is 1. The maximum atomic E-state index is 4.55. The van der Waals surface area contributed by atoms with Gasteiger partial charge in [-0.15, -0.1) is 12.6 Å². The van der Waals surface area contributed by atoms with Crippen molar-refractivity contribution in [3.05, 3.63) is 53.5 Å². The van der Waals surface area contributed by atoms with Crippen molar-refractivity contribution in [3.63, 3.8) is 0 Å². The number of thiol groups is 1. The average Bonchev–Trinajstić information content (AvgIpc) is 2.80. The number of nitrogens with one attached hydrogen (secondary N) is 1. The van der Waals surface area contributed by atoms with E-state index in [1.54, 1.807) is 4.68 Å². The standard InChI is InChI=1S/C16H17N5S/c1-10-9-15(18-13-4-6-14(22)7-5-13)19-16(17-10)21-12(3)8-11(2)20-21/h4-9,22H,1-3H3,(H,17,18,19). The van der Waals surface area contributed by atoms with Gasteiger partial charge in [0.2, 0.25) is 0 Å². The van der Waals surface area contributed by atoms with E-state index in [0.717, 1.165) is 33.5 Å². The molecule has 2 aromatic heterocycles. The molecule has 0 bridgehead atoms. The number of hydrogen-bond acceptors (Lipinski definition) is 5. The second-order valence-electron chi connectivity index (χ2n) is 5.21. The minimum absolute atomic E-state index is 0.568. The lowest BCUT2D eigenvalue weighted by atomic mass is 10.3. The van der Waals surface area contributed by atoms with Crippen molar-refractivity contribution in [2.45, 2.75) is 25.7 Å². The molecule has 112 valence electrons. The third-order valence-electron chi connectivity index (χ3n) is 3.18. The molecule has 2 heterocycles. The Bertz CT molecular complexity index is 808. The molecule has 5 nitrogen and oxygen atoms in total. The Morgan fingerprint density at radius 2 is 1.68 bits per heavy atom. The number of rotatable bonds is 3. The number of nitrogens with zero attached hydrogens (tertiary/aromatic N) is 4. The summed E-state index contributed by atoms with van der Waals surface area (Å²) in [7, 11) is 0. The highest BCUT2D eigenvalue weighted by Gasteiger charge is 2.09. The summed E-state index contributed by atoms with van der Waals surface area (Å²) in [4.78, 5) is 9.95. The molecule has 0 aliphatic carbocycles. The number of aryl methyl sites for hydroxylation is 3. The minimum Gasteiger partial charge on any atom is -0.340 e.